The largest absolute Gasteiger partial charge is 0.456 e. The fraction of sp³-hybridized carbons (Fsp3) is 0.500. The van der Waals surface area contributed by atoms with E-state index in [1.165, 1.54) is 22.5 Å². The van der Waals surface area contributed by atoms with Crippen LogP contribution in [0.25, 0.3) is 0 Å². The van der Waals surface area contributed by atoms with Crippen LogP contribution in [-0.2, 0) is 19.5 Å². The molecule has 0 saturated carbocycles. The van der Waals surface area contributed by atoms with Crippen LogP contribution in [0, 0.1) is 0 Å². The molecule has 0 aliphatic carbocycles. The number of hydrogen-bond acceptors (Lipinski definition) is 5. The van der Waals surface area contributed by atoms with Gasteiger partial charge < -0.3 is 9.47 Å². The predicted molar refractivity (Wildman–Crippen MR) is 83.7 cm³/mol. The van der Waals surface area contributed by atoms with Gasteiger partial charge in [0.05, 0.1) is 29.4 Å². The number of esters is 1. The molecule has 0 bridgehead atoms. The van der Waals surface area contributed by atoms with E-state index in [1.807, 2.05) is 0 Å². The Kier molecular flexibility index (Phi) is 4.70. The van der Waals surface area contributed by atoms with Gasteiger partial charge in [-0.1, -0.05) is 11.6 Å². The average molecular weight is 348 g/mol. The van der Waals surface area contributed by atoms with Crippen LogP contribution < -0.4 is 4.31 Å². The molecule has 0 aromatic heterocycles. The van der Waals surface area contributed by atoms with Gasteiger partial charge in [-0.2, -0.15) is 0 Å². The highest BCUT2D eigenvalue weighted by atomic mass is 35.5. The summed E-state index contributed by atoms with van der Waals surface area (Å²) in [6.45, 7) is 5.80. The third-order valence-electron chi connectivity index (χ3n) is 2.87. The van der Waals surface area contributed by atoms with Gasteiger partial charge in [-0.05, 0) is 39.0 Å². The van der Waals surface area contributed by atoms with E-state index in [1.54, 1.807) is 20.8 Å². The first kappa shape index (κ1) is 17.1. The number of halogens is 1. The van der Waals surface area contributed by atoms with Crippen molar-refractivity contribution < 1.29 is 22.7 Å². The van der Waals surface area contributed by atoms with Crippen LogP contribution >= 0.6 is 11.6 Å². The number of nitrogens with zero attached hydrogens (tertiary/aromatic N) is 1. The molecule has 1 fully saturated rings. The minimum Gasteiger partial charge on any atom is -0.456 e. The van der Waals surface area contributed by atoms with Gasteiger partial charge >= 0.3 is 5.97 Å². The Morgan fingerprint density at radius 1 is 1.36 bits per heavy atom. The lowest BCUT2D eigenvalue weighted by atomic mass is 10.1. The van der Waals surface area contributed by atoms with Gasteiger partial charge in [0.1, 0.15) is 5.60 Å². The first-order chi connectivity index (χ1) is 10.1. The Morgan fingerprint density at radius 3 is 2.59 bits per heavy atom. The molecule has 1 aliphatic rings. The molecule has 22 heavy (non-hydrogen) atoms. The van der Waals surface area contributed by atoms with Crippen LogP contribution in [0.2, 0.25) is 5.02 Å². The number of ether oxygens (including phenoxy) is 2. The Balaban J connectivity index is 2.28. The summed E-state index contributed by atoms with van der Waals surface area (Å²) in [5.41, 5.74) is -0.0290. The second kappa shape index (κ2) is 6.06. The Bertz CT molecular complexity index is 681. The molecule has 1 saturated heterocycles. The van der Waals surface area contributed by atoms with Gasteiger partial charge in [0.25, 0.3) is 10.0 Å². The fourth-order valence-corrected chi connectivity index (χ4v) is 3.46. The second-order valence-corrected chi connectivity index (χ2v) is 8.12. The van der Waals surface area contributed by atoms with Crippen molar-refractivity contribution in [3.8, 4) is 0 Å². The van der Waals surface area contributed by atoms with Crippen molar-refractivity contribution in [3.63, 3.8) is 0 Å². The Morgan fingerprint density at radius 2 is 2.05 bits per heavy atom. The maximum Gasteiger partial charge on any atom is 0.340 e. The van der Waals surface area contributed by atoms with E-state index >= 15 is 0 Å². The maximum absolute atomic E-state index is 12.0. The van der Waals surface area contributed by atoms with Crippen molar-refractivity contribution in [1.29, 1.82) is 0 Å². The minimum absolute atomic E-state index is 0.147. The molecule has 1 aromatic carbocycles. The molecule has 1 aliphatic heterocycles. The van der Waals surface area contributed by atoms with E-state index in [-0.39, 0.29) is 23.1 Å². The number of hydrogen-bond donors (Lipinski definition) is 0. The zero-order valence-electron chi connectivity index (χ0n) is 12.6. The normalized spacial score (nSPS) is 18.1. The van der Waals surface area contributed by atoms with Crippen LogP contribution in [-0.4, -0.2) is 39.1 Å². The summed E-state index contributed by atoms with van der Waals surface area (Å²) < 4.78 is 35.4. The van der Waals surface area contributed by atoms with E-state index < -0.39 is 21.6 Å². The van der Waals surface area contributed by atoms with Gasteiger partial charge in [-0.3, -0.25) is 4.31 Å². The van der Waals surface area contributed by atoms with Crippen LogP contribution in [0.5, 0.6) is 0 Å². The quantitative estimate of drug-likeness (QED) is 0.768. The highest BCUT2D eigenvalue weighted by molar-refractivity contribution is 7.92. The molecule has 0 unspecified atom stereocenters. The molecule has 1 aromatic rings. The summed E-state index contributed by atoms with van der Waals surface area (Å²) in [5, 5.41) is 0.147. The van der Waals surface area contributed by atoms with Gasteiger partial charge in [-0.25, -0.2) is 13.2 Å². The molecule has 2 rings (SSSR count). The van der Waals surface area contributed by atoms with Gasteiger partial charge in [0.2, 0.25) is 0 Å². The average Bonchev–Trinajstić information content (AvgIpc) is 2.35. The monoisotopic (exact) mass is 347 g/mol. The van der Waals surface area contributed by atoms with E-state index in [4.69, 9.17) is 21.1 Å². The number of benzene rings is 1. The first-order valence-electron chi connectivity index (χ1n) is 6.71. The molecule has 0 N–H and O–H groups in total. The number of carbonyl (C=O) groups excluding carboxylic acids is 1. The number of rotatable bonds is 2. The third-order valence-corrected chi connectivity index (χ3v) is 4.71. The molecule has 122 valence electrons. The van der Waals surface area contributed by atoms with Crippen molar-refractivity contribution in [2.24, 2.45) is 0 Å². The summed E-state index contributed by atoms with van der Waals surface area (Å²) >= 11 is 6.11. The van der Waals surface area contributed by atoms with Crippen molar-refractivity contribution >= 4 is 33.3 Å². The lowest BCUT2D eigenvalue weighted by molar-refractivity contribution is 0.00698. The van der Waals surface area contributed by atoms with Crippen LogP contribution in [0.15, 0.2) is 18.2 Å². The lowest BCUT2D eigenvalue weighted by Crippen LogP contribution is -2.41. The fourth-order valence-electron chi connectivity index (χ4n) is 1.96. The SMILES string of the molecule is CC(C)(C)OC(=O)c1ccc(N2CCOCS2(=O)=O)cc1Cl. The van der Waals surface area contributed by atoms with E-state index in [9.17, 15) is 13.2 Å². The summed E-state index contributed by atoms with van der Waals surface area (Å²) in [5.74, 6) is -0.910. The topological polar surface area (TPSA) is 72.9 Å². The van der Waals surface area contributed by atoms with Crippen molar-refractivity contribution in [2.75, 3.05) is 23.4 Å². The van der Waals surface area contributed by atoms with E-state index in [0.717, 1.165) is 0 Å². The minimum atomic E-state index is -3.52. The molecule has 0 spiro atoms. The standard InChI is InChI=1S/C14H18ClNO5S/c1-14(2,3)21-13(17)11-5-4-10(8-12(11)15)16-6-7-20-9-22(16,18)19/h4-5,8H,6-7,9H2,1-3H3. The second-order valence-electron chi connectivity index (χ2n) is 5.88. The zero-order chi connectivity index (χ0) is 16.5. The van der Waals surface area contributed by atoms with Crippen LogP contribution in [0.1, 0.15) is 31.1 Å². The molecule has 1 heterocycles. The van der Waals surface area contributed by atoms with Crippen molar-refractivity contribution in [2.45, 2.75) is 26.4 Å². The molecule has 0 atom stereocenters. The Hall–Kier alpha value is -1.31. The summed E-state index contributed by atoms with van der Waals surface area (Å²) in [4.78, 5) is 12.0. The van der Waals surface area contributed by atoms with Gasteiger partial charge in [0.15, 0.2) is 5.94 Å². The molecule has 6 nitrogen and oxygen atoms in total. The first-order valence-corrected chi connectivity index (χ1v) is 8.70. The smallest absolute Gasteiger partial charge is 0.340 e. The Labute approximate surface area is 135 Å². The summed E-state index contributed by atoms with van der Waals surface area (Å²) in [7, 11) is -3.52. The van der Waals surface area contributed by atoms with Crippen molar-refractivity contribution in [1.82, 2.24) is 0 Å². The third kappa shape index (κ3) is 3.91. The molecule has 0 radical (unpaired) electrons. The van der Waals surface area contributed by atoms with Gasteiger partial charge in [0, 0.05) is 0 Å². The molecule has 0 amide bonds. The number of carbonyl (C=O) groups is 1. The predicted octanol–water partition coefficient (Wildman–Crippen LogP) is 2.42. The van der Waals surface area contributed by atoms with Crippen LogP contribution in [0.4, 0.5) is 5.69 Å². The molecular weight excluding hydrogens is 330 g/mol. The number of sulfonamides is 1. The highest BCUT2D eigenvalue weighted by Gasteiger charge is 2.28. The van der Waals surface area contributed by atoms with Gasteiger partial charge in [-0.15, -0.1) is 0 Å². The highest BCUT2D eigenvalue weighted by Crippen LogP contribution is 2.28. The van der Waals surface area contributed by atoms with Crippen molar-refractivity contribution in [3.05, 3.63) is 28.8 Å². The summed E-state index contributed by atoms with van der Waals surface area (Å²) in [6.07, 6.45) is 0. The maximum atomic E-state index is 12.0. The molecule has 8 heteroatoms. The van der Waals surface area contributed by atoms with Crippen LogP contribution in [0.3, 0.4) is 0 Å². The summed E-state index contributed by atoms with van der Waals surface area (Å²) in [6, 6.07) is 4.45. The molecular formula is C14H18ClNO5S. The number of anilines is 1. The van der Waals surface area contributed by atoms with E-state index in [0.29, 0.717) is 12.3 Å². The van der Waals surface area contributed by atoms with E-state index in [2.05, 4.69) is 0 Å². The zero-order valence-corrected chi connectivity index (χ0v) is 14.2. The lowest BCUT2D eigenvalue weighted by Gasteiger charge is -2.28.